The van der Waals surface area contributed by atoms with Gasteiger partial charge in [-0.05, 0) is 34.6 Å². The summed E-state index contributed by atoms with van der Waals surface area (Å²) < 4.78 is 5.44. The average molecular weight is 214 g/mol. The lowest BCUT2D eigenvalue weighted by Crippen LogP contribution is -2.54. The molecule has 15 heavy (non-hydrogen) atoms. The first kappa shape index (κ1) is 14.1. The van der Waals surface area contributed by atoms with Gasteiger partial charge in [0.2, 0.25) is 0 Å². The molecule has 0 rings (SSSR count). The average Bonchev–Trinajstić information content (AvgIpc) is 2.15. The number of likely N-dealkylation sites (N-methyl/N-ethyl adjacent to an activating group) is 2. The first-order valence-electron chi connectivity index (χ1n) is 5.05. The van der Waals surface area contributed by atoms with Crippen LogP contribution >= 0.6 is 0 Å². The Morgan fingerprint density at radius 2 is 1.93 bits per heavy atom. The Balaban J connectivity index is 4.80. The van der Waals surface area contributed by atoms with Crippen molar-refractivity contribution < 1.29 is 9.53 Å². The molecule has 0 radical (unpaired) electrons. The van der Waals surface area contributed by atoms with Gasteiger partial charge in [-0.2, -0.15) is 0 Å². The normalized spacial score (nSPS) is 15.1. The van der Waals surface area contributed by atoms with Gasteiger partial charge in [-0.3, -0.25) is 4.90 Å². The third kappa shape index (κ3) is 4.01. The zero-order valence-electron chi connectivity index (χ0n) is 10.4. The predicted octanol–water partition coefficient (Wildman–Crippen LogP) is 0.945. The van der Waals surface area contributed by atoms with Gasteiger partial charge in [-0.1, -0.05) is 13.5 Å². The van der Waals surface area contributed by atoms with Crippen molar-refractivity contribution in [2.45, 2.75) is 19.1 Å². The van der Waals surface area contributed by atoms with E-state index in [1.807, 2.05) is 44.9 Å². The summed E-state index contributed by atoms with van der Waals surface area (Å²) in [6.07, 6.45) is 1.93. The molecular formula is C11H22N2O2. The van der Waals surface area contributed by atoms with E-state index in [0.717, 1.165) is 6.42 Å². The first-order valence-corrected chi connectivity index (χ1v) is 5.05. The number of hydrogen-bond acceptors (Lipinski definition) is 4. The van der Waals surface area contributed by atoms with Crippen LogP contribution in [-0.4, -0.2) is 56.2 Å². The lowest BCUT2D eigenvalue weighted by atomic mass is 10.1. The number of rotatable bonds is 6. The number of esters is 1. The van der Waals surface area contributed by atoms with Crippen molar-refractivity contribution in [3.8, 4) is 0 Å². The Kier molecular flexibility index (Phi) is 5.54. The summed E-state index contributed by atoms with van der Waals surface area (Å²) in [7, 11) is 7.72. The fraction of sp³-hybridized carbons (Fsp3) is 0.727. The van der Waals surface area contributed by atoms with Crippen molar-refractivity contribution in [3.05, 3.63) is 12.7 Å². The van der Waals surface area contributed by atoms with Crippen LogP contribution in [0.15, 0.2) is 12.7 Å². The van der Waals surface area contributed by atoms with Crippen LogP contribution < -0.4 is 0 Å². The molecule has 88 valence electrons. The maximum absolute atomic E-state index is 11.3. The highest BCUT2D eigenvalue weighted by Crippen LogP contribution is 2.20. The molecule has 0 saturated carbocycles. The summed E-state index contributed by atoms with van der Waals surface area (Å²) in [5.41, 5.74) is -0.575. The Labute approximate surface area is 92.5 Å². The molecule has 1 unspecified atom stereocenters. The van der Waals surface area contributed by atoms with Gasteiger partial charge in [-0.25, -0.2) is 4.79 Å². The quantitative estimate of drug-likeness (QED) is 0.374. The Hall–Kier alpha value is -0.870. The van der Waals surface area contributed by atoms with Crippen molar-refractivity contribution >= 4 is 5.97 Å². The van der Waals surface area contributed by atoms with Crippen LogP contribution in [0.1, 0.15) is 13.3 Å². The number of carbonyl (C=O) groups excluding carboxylic acids is 1. The van der Waals surface area contributed by atoms with Gasteiger partial charge in [0, 0.05) is 6.08 Å². The number of ether oxygens (including phenoxy) is 1. The summed E-state index contributed by atoms with van der Waals surface area (Å²) in [5.74, 6) is -0.382. The molecular weight excluding hydrogens is 192 g/mol. The van der Waals surface area contributed by atoms with Crippen LogP contribution in [0.4, 0.5) is 0 Å². The van der Waals surface area contributed by atoms with E-state index < -0.39 is 5.72 Å². The van der Waals surface area contributed by atoms with Crippen LogP contribution in [0.5, 0.6) is 0 Å². The van der Waals surface area contributed by atoms with E-state index in [-0.39, 0.29) is 5.97 Å². The maximum atomic E-state index is 11.3. The molecule has 0 fully saturated rings. The van der Waals surface area contributed by atoms with Crippen LogP contribution in [0.25, 0.3) is 0 Å². The monoisotopic (exact) mass is 214 g/mol. The Bertz CT molecular complexity index is 227. The molecule has 0 aliphatic carbocycles. The summed E-state index contributed by atoms with van der Waals surface area (Å²) in [5, 5.41) is 0. The van der Waals surface area contributed by atoms with E-state index in [9.17, 15) is 4.79 Å². The zero-order valence-corrected chi connectivity index (χ0v) is 10.4. The minimum Gasteiger partial charge on any atom is -0.439 e. The van der Waals surface area contributed by atoms with Crippen molar-refractivity contribution in [2.24, 2.45) is 0 Å². The maximum Gasteiger partial charge on any atom is 0.331 e. The van der Waals surface area contributed by atoms with E-state index in [2.05, 4.69) is 6.58 Å². The molecule has 0 aromatic carbocycles. The summed E-state index contributed by atoms with van der Waals surface area (Å²) in [6, 6.07) is 0. The van der Waals surface area contributed by atoms with Gasteiger partial charge in [0.25, 0.3) is 0 Å². The molecule has 0 bridgehead atoms. The van der Waals surface area contributed by atoms with Crippen LogP contribution in [0.3, 0.4) is 0 Å². The number of nitrogens with zero attached hydrogens (tertiary/aromatic N) is 2. The predicted molar refractivity (Wildman–Crippen MR) is 61.6 cm³/mol. The van der Waals surface area contributed by atoms with E-state index in [1.165, 1.54) is 6.08 Å². The molecule has 1 atom stereocenters. The molecule has 0 heterocycles. The van der Waals surface area contributed by atoms with Crippen LogP contribution in [-0.2, 0) is 9.53 Å². The first-order chi connectivity index (χ1) is 6.88. The molecule has 4 heteroatoms. The SMILES string of the molecule is C=CC(=O)OC(CC)(CN(C)C)N(C)C. The van der Waals surface area contributed by atoms with Crippen molar-refractivity contribution in [1.82, 2.24) is 9.80 Å². The highest BCUT2D eigenvalue weighted by molar-refractivity contribution is 5.81. The molecule has 0 aromatic heterocycles. The second kappa shape index (κ2) is 5.88. The third-order valence-electron chi connectivity index (χ3n) is 2.39. The molecule has 0 saturated heterocycles. The van der Waals surface area contributed by atoms with E-state index in [4.69, 9.17) is 4.74 Å². The zero-order chi connectivity index (χ0) is 12.1. The molecule has 0 aliphatic heterocycles. The number of hydrogen-bond donors (Lipinski definition) is 0. The lowest BCUT2D eigenvalue weighted by molar-refractivity contribution is -0.177. The van der Waals surface area contributed by atoms with E-state index >= 15 is 0 Å². The highest BCUT2D eigenvalue weighted by atomic mass is 16.6. The van der Waals surface area contributed by atoms with E-state index in [1.54, 1.807) is 0 Å². The number of carbonyl (C=O) groups is 1. The smallest absolute Gasteiger partial charge is 0.331 e. The van der Waals surface area contributed by atoms with Gasteiger partial charge in [-0.15, -0.1) is 0 Å². The van der Waals surface area contributed by atoms with Crippen LogP contribution in [0.2, 0.25) is 0 Å². The standard InChI is InChI=1S/C11H22N2O2/c1-7-10(14)15-11(8-2,13(5)6)9-12(3)4/h7H,1,8-9H2,2-6H3. The van der Waals surface area contributed by atoms with Gasteiger partial charge in [0.15, 0.2) is 5.72 Å². The summed E-state index contributed by atoms with van der Waals surface area (Å²) >= 11 is 0. The fourth-order valence-corrected chi connectivity index (χ4v) is 1.49. The Morgan fingerprint density at radius 1 is 1.40 bits per heavy atom. The molecule has 0 amide bonds. The molecule has 4 nitrogen and oxygen atoms in total. The van der Waals surface area contributed by atoms with Crippen molar-refractivity contribution in [3.63, 3.8) is 0 Å². The second-order valence-electron chi connectivity index (χ2n) is 4.06. The summed E-state index contributed by atoms with van der Waals surface area (Å²) in [6.45, 7) is 6.07. The minimum absolute atomic E-state index is 0.382. The molecule has 0 aromatic rings. The van der Waals surface area contributed by atoms with Gasteiger partial charge in [0.1, 0.15) is 0 Å². The lowest BCUT2D eigenvalue weighted by Gasteiger charge is -2.39. The topological polar surface area (TPSA) is 32.8 Å². The van der Waals surface area contributed by atoms with Crippen molar-refractivity contribution in [2.75, 3.05) is 34.7 Å². The summed E-state index contributed by atoms with van der Waals surface area (Å²) in [4.78, 5) is 15.2. The van der Waals surface area contributed by atoms with Crippen molar-refractivity contribution in [1.29, 1.82) is 0 Å². The van der Waals surface area contributed by atoms with Gasteiger partial charge >= 0.3 is 5.97 Å². The van der Waals surface area contributed by atoms with Gasteiger partial charge in [0.05, 0.1) is 6.54 Å². The largest absolute Gasteiger partial charge is 0.439 e. The second-order valence-corrected chi connectivity index (χ2v) is 4.06. The van der Waals surface area contributed by atoms with Crippen LogP contribution in [0, 0.1) is 0 Å². The third-order valence-corrected chi connectivity index (χ3v) is 2.39. The van der Waals surface area contributed by atoms with E-state index in [0.29, 0.717) is 6.54 Å². The molecule has 0 spiro atoms. The van der Waals surface area contributed by atoms with Gasteiger partial charge < -0.3 is 9.64 Å². The molecule has 0 aliphatic rings. The fourth-order valence-electron chi connectivity index (χ4n) is 1.49. The molecule has 0 N–H and O–H groups in total. The minimum atomic E-state index is -0.575. The Morgan fingerprint density at radius 3 is 2.20 bits per heavy atom. The highest BCUT2D eigenvalue weighted by Gasteiger charge is 2.35.